The van der Waals surface area contributed by atoms with Crippen LogP contribution in [-0.2, 0) is 4.84 Å². The number of hydrogen-bond donors (Lipinski definition) is 4. The normalized spacial score (nSPS) is 53.7. The predicted octanol–water partition coefficient (Wildman–Crippen LogP) is 2.35. The Balaban J connectivity index is 1.56. The van der Waals surface area contributed by atoms with E-state index in [4.69, 9.17) is 10.6 Å². The lowest BCUT2D eigenvalue weighted by Crippen LogP contribution is -2.64. The van der Waals surface area contributed by atoms with Crippen LogP contribution < -0.4 is 11.2 Å². The molecule has 5 N–H and O–H groups in total. The Morgan fingerprint density at radius 2 is 1.85 bits per heavy atom. The van der Waals surface area contributed by atoms with Crippen molar-refractivity contribution in [3.8, 4) is 0 Å². The summed E-state index contributed by atoms with van der Waals surface area (Å²) in [6, 6.07) is 0.207. The number of rotatable bonds is 4. The van der Waals surface area contributed by atoms with E-state index < -0.39 is 5.60 Å². The van der Waals surface area contributed by atoms with E-state index in [-0.39, 0.29) is 17.6 Å². The van der Waals surface area contributed by atoms with Gasteiger partial charge < -0.3 is 20.8 Å². The molecule has 0 unspecified atom stereocenters. The van der Waals surface area contributed by atoms with Crippen LogP contribution in [0.15, 0.2) is 0 Å². The fourth-order valence-electron chi connectivity index (χ4n) is 7.61. The average Bonchev–Trinajstić information content (AvgIpc) is 2.88. The van der Waals surface area contributed by atoms with Crippen molar-refractivity contribution in [3.63, 3.8) is 0 Å². The van der Waals surface area contributed by atoms with Crippen LogP contribution in [0.25, 0.3) is 0 Å². The fraction of sp³-hybridized carbons (Fsp3) is 1.00. The summed E-state index contributed by atoms with van der Waals surface area (Å²) in [6.45, 7) is 5.76. The zero-order valence-corrected chi connectivity index (χ0v) is 16.5. The molecule has 0 spiro atoms. The first-order chi connectivity index (χ1) is 12.3. The van der Waals surface area contributed by atoms with E-state index in [2.05, 4.69) is 19.3 Å². The molecule has 4 fully saturated rings. The summed E-state index contributed by atoms with van der Waals surface area (Å²) < 4.78 is 0. The topological polar surface area (TPSA) is 87.7 Å². The molecule has 0 aromatic heterocycles. The van der Waals surface area contributed by atoms with Crippen molar-refractivity contribution in [3.05, 3.63) is 0 Å². The Labute approximate surface area is 158 Å². The Morgan fingerprint density at radius 3 is 2.62 bits per heavy atom. The quantitative estimate of drug-likeness (QED) is 0.453. The summed E-state index contributed by atoms with van der Waals surface area (Å²) in [5, 5.41) is 22.1. The molecule has 150 valence electrons. The van der Waals surface area contributed by atoms with Gasteiger partial charge in [0, 0.05) is 18.0 Å². The van der Waals surface area contributed by atoms with E-state index in [0.29, 0.717) is 36.3 Å². The van der Waals surface area contributed by atoms with Gasteiger partial charge in [-0.2, -0.15) is 5.48 Å². The van der Waals surface area contributed by atoms with Gasteiger partial charge in [-0.3, -0.25) is 0 Å². The summed E-state index contributed by atoms with van der Waals surface area (Å²) in [5.74, 6) is 1.61. The number of hydrogen-bond acceptors (Lipinski definition) is 5. The van der Waals surface area contributed by atoms with Gasteiger partial charge in [0.15, 0.2) is 0 Å². The largest absolute Gasteiger partial charge is 0.393 e. The van der Waals surface area contributed by atoms with Crippen molar-refractivity contribution in [2.45, 2.75) is 89.4 Å². The van der Waals surface area contributed by atoms with Crippen LogP contribution in [-0.4, -0.2) is 41.1 Å². The molecule has 0 saturated heterocycles. The second-order valence-electron chi connectivity index (χ2n) is 10.1. The smallest absolute Gasteiger partial charge is 0.0804 e. The minimum absolute atomic E-state index is 0.110. The highest BCUT2D eigenvalue weighted by molar-refractivity contribution is 5.18. The van der Waals surface area contributed by atoms with Crippen molar-refractivity contribution in [2.75, 3.05) is 13.2 Å². The van der Waals surface area contributed by atoms with Crippen LogP contribution in [0.4, 0.5) is 0 Å². The number of aliphatic hydroxyl groups excluding tert-OH is 1. The van der Waals surface area contributed by atoms with Crippen molar-refractivity contribution < 1.29 is 15.1 Å². The Bertz CT molecular complexity index is 531. The van der Waals surface area contributed by atoms with Crippen LogP contribution in [0.3, 0.4) is 0 Å². The lowest BCUT2D eigenvalue weighted by molar-refractivity contribution is -0.211. The maximum absolute atomic E-state index is 12.0. The molecule has 26 heavy (non-hydrogen) atoms. The predicted molar refractivity (Wildman–Crippen MR) is 101 cm³/mol. The number of nitrogens with two attached hydrogens (primary N) is 1. The van der Waals surface area contributed by atoms with E-state index in [9.17, 15) is 10.2 Å². The van der Waals surface area contributed by atoms with Gasteiger partial charge in [0.05, 0.1) is 18.3 Å². The van der Waals surface area contributed by atoms with E-state index in [1.807, 2.05) is 0 Å². The van der Waals surface area contributed by atoms with E-state index in [0.717, 1.165) is 51.4 Å². The fourth-order valence-corrected chi connectivity index (χ4v) is 7.61. The van der Waals surface area contributed by atoms with Crippen molar-refractivity contribution in [1.29, 1.82) is 0 Å². The molecule has 4 aliphatic carbocycles. The highest BCUT2D eigenvalue weighted by Gasteiger charge is 2.67. The highest BCUT2D eigenvalue weighted by atomic mass is 16.6. The maximum Gasteiger partial charge on any atom is 0.0804 e. The average molecular weight is 367 g/mol. The molecule has 0 aromatic rings. The minimum Gasteiger partial charge on any atom is -0.393 e. The van der Waals surface area contributed by atoms with E-state index in [1.165, 1.54) is 6.42 Å². The minimum atomic E-state index is -0.594. The Hall–Kier alpha value is -0.200. The number of fused-ring (bicyclic) bond motifs is 5. The Morgan fingerprint density at radius 1 is 1.04 bits per heavy atom. The van der Waals surface area contributed by atoms with Gasteiger partial charge in [-0.25, -0.2) is 0 Å². The zero-order chi connectivity index (χ0) is 18.6. The van der Waals surface area contributed by atoms with Gasteiger partial charge in [0.2, 0.25) is 0 Å². The lowest BCUT2D eigenvalue weighted by atomic mass is 9.43. The summed E-state index contributed by atoms with van der Waals surface area (Å²) in [7, 11) is 0. The molecule has 5 heteroatoms. The first-order valence-electron chi connectivity index (χ1n) is 10.8. The Kier molecular flexibility index (Phi) is 4.93. The third kappa shape index (κ3) is 2.61. The summed E-state index contributed by atoms with van der Waals surface area (Å²) >= 11 is 0. The maximum atomic E-state index is 12.0. The molecule has 0 heterocycles. The second kappa shape index (κ2) is 6.70. The van der Waals surface area contributed by atoms with Crippen molar-refractivity contribution >= 4 is 0 Å². The first kappa shape index (κ1) is 19.1. The van der Waals surface area contributed by atoms with Crippen LogP contribution in [0.2, 0.25) is 0 Å². The summed E-state index contributed by atoms with van der Waals surface area (Å²) in [4.78, 5) is 5.57. The summed E-state index contributed by atoms with van der Waals surface area (Å²) in [5.41, 5.74) is 8.36. The molecule has 5 nitrogen and oxygen atoms in total. The third-order valence-electron chi connectivity index (χ3n) is 9.27. The molecular weight excluding hydrogens is 328 g/mol. The van der Waals surface area contributed by atoms with Crippen LogP contribution in [0.5, 0.6) is 0 Å². The monoisotopic (exact) mass is 366 g/mol. The van der Waals surface area contributed by atoms with E-state index >= 15 is 0 Å². The lowest BCUT2D eigenvalue weighted by Gasteiger charge is -2.63. The van der Waals surface area contributed by atoms with Gasteiger partial charge in [-0.15, -0.1) is 0 Å². The first-order valence-corrected chi connectivity index (χ1v) is 10.8. The molecule has 0 aromatic carbocycles. The number of hydroxylamine groups is 1. The SMILES string of the molecule is C[C@]12CC[C@H](O)C[C@H]1CC[C@@H]1[C@@H]2CC[C@]2(C)[C@@H](NOCCN)CC[C@]12O. The molecule has 8 atom stereocenters. The molecule has 0 radical (unpaired) electrons. The van der Waals surface area contributed by atoms with Gasteiger partial charge in [-0.1, -0.05) is 13.8 Å². The van der Waals surface area contributed by atoms with Crippen LogP contribution in [0.1, 0.15) is 71.6 Å². The standard InChI is InChI=1S/C21H38N2O3/c1-19-8-5-15(24)13-14(19)3-4-17-16(19)6-9-20(2)18(23-26-12-11-22)7-10-21(17,20)25/h14-18,23-25H,3-13,22H2,1-2H3/t14-,15+,16+,17-,18+,19+,20-,21+/m1/s1. The summed E-state index contributed by atoms with van der Waals surface area (Å²) in [6.07, 6.45) is 9.28. The molecule has 4 aliphatic rings. The van der Waals surface area contributed by atoms with E-state index in [1.54, 1.807) is 0 Å². The molecule has 0 aliphatic heterocycles. The van der Waals surface area contributed by atoms with Crippen molar-refractivity contribution in [1.82, 2.24) is 5.48 Å². The van der Waals surface area contributed by atoms with Crippen LogP contribution in [0, 0.1) is 28.6 Å². The van der Waals surface area contributed by atoms with Crippen molar-refractivity contribution in [2.24, 2.45) is 34.3 Å². The molecular formula is C21H38N2O3. The highest BCUT2D eigenvalue weighted by Crippen LogP contribution is 2.67. The van der Waals surface area contributed by atoms with Gasteiger partial charge in [0.1, 0.15) is 0 Å². The molecule has 0 amide bonds. The number of nitrogens with one attached hydrogen (secondary N) is 1. The molecule has 0 bridgehead atoms. The molecule has 4 saturated carbocycles. The molecule has 4 rings (SSSR count). The zero-order valence-electron chi connectivity index (χ0n) is 16.5. The third-order valence-corrected chi connectivity index (χ3v) is 9.27. The van der Waals surface area contributed by atoms with Gasteiger partial charge in [-0.05, 0) is 81.0 Å². The van der Waals surface area contributed by atoms with Crippen LogP contribution >= 0.6 is 0 Å². The second-order valence-corrected chi connectivity index (χ2v) is 10.1. The number of aliphatic hydroxyl groups is 2. The van der Waals surface area contributed by atoms with Gasteiger partial charge in [0.25, 0.3) is 0 Å². The van der Waals surface area contributed by atoms with Gasteiger partial charge >= 0.3 is 0 Å².